The van der Waals surface area contributed by atoms with Crippen molar-refractivity contribution in [2.45, 2.75) is 19.8 Å². The number of aryl methyl sites for hydroxylation is 1. The summed E-state index contributed by atoms with van der Waals surface area (Å²) < 4.78 is 0. The molecule has 0 radical (unpaired) electrons. The zero-order valence-electron chi connectivity index (χ0n) is 11.8. The van der Waals surface area contributed by atoms with Gasteiger partial charge in [-0.05, 0) is 18.6 Å². The van der Waals surface area contributed by atoms with Gasteiger partial charge in [0, 0.05) is 25.8 Å². The second-order valence-electron chi connectivity index (χ2n) is 5.00. The van der Waals surface area contributed by atoms with Crippen molar-refractivity contribution in [1.29, 1.82) is 0 Å². The molecular weight excluding hydrogens is 258 g/mol. The van der Waals surface area contributed by atoms with E-state index < -0.39 is 5.97 Å². The Morgan fingerprint density at radius 3 is 2.75 bits per heavy atom. The van der Waals surface area contributed by atoms with Gasteiger partial charge in [-0.3, -0.25) is 4.79 Å². The lowest BCUT2D eigenvalue weighted by molar-refractivity contribution is -0.129. The van der Waals surface area contributed by atoms with E-state index in [-0.39, 0.29) is 18.0 Å². The van der Waals surface area contributed by atoms with Gasteiger partial charge in [-0.25, -0.2) is 9.78 Å². The molecule has 1 fully saturated rings. The van der Waals surface area contributed by atoms with Gasteiger partial charge in [0.1, 0.15) is 5.82 Å². The Morgan fingerprint density at radius 1 is 1.40 bits per heavy atom. The quantitative estimate of drug-likeness (QED) is 0.889. The first-order chi connectivity index (χ1) is 9.51. The molecule has 0 bridgehead atoms. The molecule has 1 aromatic heterocycles. The predicted octanol–water partition coefficient (Wildman–Crippen LogP) is 1.01. The van der Waals surface area contributed by atoms with Crippen LogP contribution in [0.3, 0.4) is 0 Å². The van der Waals surface area contributed by atoms with E-state index in [1.807, 2.05) is 11.8 Å². The number of aromatic carboxylic acids is 1. The standard InChI is InChI=1S/C14H19N3O3/c1-3-4-11-7-10(14(19)20)8-12(15-11)17-6-5-16(2)13(18)9-17/h7-8H,3-6,9H2,1-2H3,(H,19,20). The molecule has 1 aliphatic rings. The van der Waals surface area contributed by atoms with Crippen molar-refractivity contribution in [1.82, 2.24) is 9.88 Å². The van der Waals surface area contributed by atoms with E-state index in [4.69, 9.17) is 0 Å². The molecule has 6 heteroatoms. The van der Waals surface area contributed by atoms with E-state index in [1.54, 1.807) is 24.1 Å². The van der Waals surface area contributed by atoms with Gasteiger partial charge in [0.05, 0.1) is 12.1 Å². The molecule has 1 aliphatic heterocycles. The molecule has 1 amide bonds. The van der Waals surface area contributed by atoms with Gasteiger partial charge in [-0.1, -0.05) is 13.3 Å². The Morgan fingerprint density at radius 2 is 2.15 bits per heavy atom. The van der Waals surface area contributed by atoms with Gasteiger partial charge in [0.2, 0.25) is 5.91 Å². The van der Waals surface area contributed by atoms with Crippen molar-refractivity contribution in [2.24, 2.45) is 0 Å². The lowest BCUT2D eigenvalue weighted by Gasteiger charge is -2.33. The fraction of sp³-hybridized carbons (Fsp3) is 0.500. The number of carbonyl (C=O) groups excluding carboxylic acids is 1. The monoisotopic (exact) mass is 277 g/mol. The second kappa shape index (κ2) is 5.90. The van der Waals surface area contributed by atoms with Crippen LogP contribution in [-0.2, 0) is 11.2 Å². The lowest BCUT2D eigenvalue weighted by atomic mass is 10.1. The Balaban J connectivity index is 2.30. The van der Waals surface area contributed by atoms with Gasteiger partial charge >= 0.3 is 5.97 Å². The van der Waals surface area contributed by atoms with E-state index >= 15 is 0 Å². The van der Waals surface area contributed by atoms with E-state index in [0.29, 0.717) is 18.9 Å². The molecule has 2 heterocycles. The van der Waals surface area contributed by atoms with E-state index in [0.717, 1.165) is 18.5 Å². The molecule has 0 atom stereocenters. The summed E-state index contributed by atoms with van der Waals surface area (Å²) in [6.45, 7) is 3.57. The number of hydrogen-bond donors (Lipinski definition) is 1. The minimum atomic E-state index is -0.966. The number of rotatable bonds is 4. The van der Waals surface area contributed by atoms with Crippen LogP contribution in [-0.4, -0.2) is 53.5 Å². The molecule has 2 rings (SSSR count). The van der Waals surface area contributed by atoms with Crippen LogP contribution >= 0.6 is 0 Å². The maximum absolute atomic E-state index is 11.7. The molecule has 0 aliphatic carbocycles. The number of piperazine rings is 1. The molecule has 1 N–H and O–H groups in total. The number of carboxylic acids is 1. The fourth-order valence-electron chi connectivity index (χ4n) is 2.20. The topological polar surface area (TPSA) is 73.7 Å². The normalized spacial score (nSPS) is 15.6. The van der Waals surface area contributed by atoms with Crippen LogP contribution in [0.15, 0.2) is 12.1 Å². The molecule has 20 heavy (non-hydrogen) atoms. The number of nitrogens with zero attached hydrogens (tertiary/aromatic N) is 3. The molecule has 0 aromatic carbocycles. The molecule has 6 nitrogen and oxygen atoms in total. The number of hydrogen-bond acceptors (Lipinski definition) is 4. The van der Waals surface area contributed by atoms with Crippen molar-refractivity contribution >= 4 is 17.7 Å². The third-order valence-electron chi connectivity index (χ3n) is 3.40. The highest BCUT2D eigenvalue weighted by Crippen LogP contribution is 2.18. The molecule has 1 saturated heterocycles. The highest BCUT2D eigenvalue weighted by Gasteiger charge is 2.23. The summed E-state index contributed by atoms with van der Waals surface area (Å²) in [7, 11) is 1.77. The van der Waals surface area contributed by atoms with Gasteiger partial charge in [0.15, 0.2) is 0 Å². The lowest BCUT2D eigenvalue weighted by Crippen LogP contribution is -2.48. The summed E-state index contributed by atoms with van der Waals surface area (Å²) in [5, 5.41) is 9.17. The molecule has 0 unspecified atom stereocenters. The van der Waals surface area contributed by atoms with Crippen molar-refractivity contribution in [2.75, 3.05) is 31.6 Å². The summed E-state index contributed by atoms with van der Waals surface area (Å²) in [5.74, 6) is -0.364. The second-order valence-corrected chi connectivity index (χ2v) is 5.00. The Hall–Kier alpha value is -2.11. The van der Waals surface area contributed by atoms with E-state index in [9.17, 15) is 14.7 Å². The number of carbonyl (C=O) groups is 2. The molecule has 1 aromatic rings. The largest absolute Gasteiger partial charge is 0.478 e. The number of carboxylic acid groups (broad SMARTS) is 1. The first kappa shape index (κ1) is 14.3. The summed E-state index contributed by atoms with van der Waals surface area (Å²) >= 11 is 0. The van der Waals surface area contributed by atoms with Crippen molar-refractivity contribution in [3.63, 3.8) is 0 Å². The van der Waals surface area contributed by atoms with Gasteiger partial charge < -0.3 is 14.9 Å². The average molecular weight is 277 g/mol. The number of pyridine rings is 1. The van der Waals surface area contributed by atoms with Crippen LogP contribution in [0.4, 0.5) is 5.82 Å². The third kappa shape index (κ3) is 3.07. The Bertz CT molecular complexity index is 530. The van der Waals surface area contributed by atoms with Crippen LogP contribution in [0.2, 0.25) is 0 Å². The first-order valence-corrected chi connectivity index (χ1v) is 6.74. The maximum atomic E-state index is 11.7. The van der Waals surface area contributed by atoms with E-state index in [1.165, 1.54) is 0 Å². The highest BCUT2D eigenvalue weighted by molar-refractivity contribution is 5.89. The SMILES string of the molecule is CCCc1cc(C(=O)O)cc(N2CCN(C)C(=O)C2)n1. The minimum absolute atomic E-state index is 0.0239. The van der Waals surface area contributed by atoms with Gasteiger partial charge in [0.25, 0.3) is 0 Å². The number of aromatic nitrogens is 1. The Labute approximate surface area is 118 Å². The fourth-order valence-corrected chi connectivity index (χ4v) is 2.20. The number of anilines is 1. The van der Waals surface area contributed by atoms with Crippen LogP contribution < -0.4 is 4.90 Å². The van der Waals surface area contributed by atoms with Crippen LogP contribution in [0.5, 0.6) is 0 Å². The van der Waals surface area contributed by atoms with Crippen molar-refractivity contribution < 1.29 is 14.7 Å². The molecular formula is C14H19N3O3. The molecule has 0 saturated carbocycles. The predicted molar refractivity (Wildman–Crippen MR) is 75.0 cm³/mol. The summed E-state index contributed by atoms with van der Waals surface area (Å²) in [6, 6.07) is 3.15. The summed E-state index contributed by atoms with van der Waals surface area (Å²) in [6.07, 6.45) is 1.63. The van der Waals surface area contributed by atoms with Crippen LogP contribution in [0.1, 0.15) is 29.4 Å². The van der Waals surface area contributed by atoms with Crippen molar-refractivity contribution in [3.8, 4) is 0 Å². The minimum Gasteiger partial charge on any atom is -0.478 e. The molecule has 108 valence electrons. The smallest absolute Gasteiger partial charge is 0.335 e. The van der Waals surface area contributed by atoms with Gasteiger partial charge in [-0.15, -0.1) is 0 Å². The van der Waals surface area contributed by atoms with Gasteiger partial charge in [-0.2, -0.15) is 0 Å². The average Bonchev–Trinajstić information content (AvgIpc) is 2.42. The summed E-state index contributed by atoms with van der Waals surface area (Å²) in [5.41, 5.74) is 0.985. The highest BCUT2D eigenvalue weighted by atomic mass is 16.4. The van der Waals surface area contributed by atoms with Crippen molar-refractivity contribution in [3.05, 3.63) is 23.4 Å². The van der Waals surface area contributed by atoms with Crippen LogP contribution in [0.25, 0.3) is 0 Å². The third-order valence-corrected chi connectivity index (χ3v) is 3.40. The zero-order valence-corrected chi connectivity index (χ0v) is 11.8. The van der Waals surface area contributed by atoms with E-state index in [2.05, 4.69) is 4.98 Å². The maximum Gasteiger partial charge on any atom is 0.335 e. The first-order valence-electron chi connectivity index (χ1n) is 6.74. The Kier molecular flexibility index (Phi) is 4.22. The number of likely N-dealkylation sites (N-methyl/N-ethyl adjacent to an activating group) is 1. The summed E-state index contributed by atoms with van der Waals surface area (Å²) in [4.78, 5) is 30.9. The number of amides is 1. The van der Waals surface area contributed by atoms with Crippen LogP contribution in [0, 0.1) is 0 Å². The zero-order chi connectivity index (χ0) is 14.7. The molecule has 0 spiro atoms.